The van der Waals surface area contributed by atoms with Gasteiger partial charge in [-0.15, -0.1) is 0 Å². The zero-order valence-electron chi connectivity index (χ0n) is 13.7. The molecular weight excluding hydrogens is 248 g/mol. The molecule has 2 nitrogen and oxygen atoms in total. The second-order valence-electron chi connectivity index (χ2n) is 8.24. The van der Waals surface area contributed by atoms with E-state index in [0.717, 1.165) is 32.1 Å². The van der Waals surface area contributed by atoms with Crippen molar-refractivity contribution < 1.29 is 9.90 Å². The van der Waals surface area contributed by atoms with Crippen LogP contribution in [0.25, 0.3) is 0 Å². The van der Waals surface area contributed by atoms with E-state index in [-0.39, 0.29) is 5.41 Å². The van der Waals surface area contributed by atoms with Gasteiger partial charge in [-0.25, -0.2) is 0 Å². The van der Waals surface area contributed by atoms with Gasteiger partial charge in [0.15, 0.2) is 0 Å². The van der Waals surface area contributed by atoms with E-state index in [1.54, 1.807) is 0 Å². The highest BCUT2D eigenvalue weighted by molar-refractivity contribution is 5.83. The van der Waals surface area contributed by atoms with Crippen molar-refractivity contribution in [2.45, 2.75) is 84.7 Å². The van der Waals surface area contributed by atoms with E-state index in [9.17, 15) is 9.90 Å². The van der Waals surface area contributed by atoms with Crippen molar-refractivity contribution in [3.05, 3.63) is 0 Å². The number of hydrogen-bond donors (Lipinski definition) is 1. The monoisotopic (exact) mass is 280 g/mol. The zero-order valence-corrected chi connectivity index (χ0v) is 13.7. The van der Waals surface area contributed by atoms with Crippen LogP contribution in [0.2, 0.25) is 0 Å². The number of fused-ring (bicyclic) bond motifs is 1. The number of rotatable bonds is 5. The molecule has 0 bridgehead atoms. The van der Waals surface area contributed by atoms with E-state index in [1.165, 1.54) is 19.3 Å². The Bertz CT molecular complexity index is 355. The standard InChI is InChI=1S/C18H32O2/c1-13(7-5-11-17(2,3)20)14-9-10-15-16(19)8-6-12-18(14,15)4/h13-15,20H,5-12H2,1-4H3/t13?,14-,15-,18-/m1/s1. The van der Waals surface area contributed by atoms with Gasteiger partial charge in [-0.2, -0.15) is 0 Å². The Labute approximate surface area is 124 Å². The fourth-order valence-electron chi connectivity index (χ4n) is 4.96. The molecule has 2 fully saturated rings. The average Bonchev–Trinajstić information content (AvgIpc) is 2.66. The topological polar surface area (TPSA) is 37.3 Å². The first-order chi connectivity index (χ1) is 9.24. The number of carbonyl (C=O) groups is 1. The van der Waals surface area contributed by atoms with E-state index in [2.05, 4.69) is 13.8 Å². The van der Waals surface area contributed by atoms with E-state index < -0.39 is 5.60 Å². The molecular formula is C18H32O2. The highest BCUT2D eigenvalue weighted by Crippen LogP contribution is 2.57. The highest BCUT2D eigenvalue weighted by atomic mass is 16.3. The van der Waals surface area contributed by atoms with Gasteiger partial charge in [0, 0.05) is 12.3 Å². The Morgan fingerprint density at radius 3 is 2.75 bits per heavy atom. The van der Waals surface area contributed by atoms with Crippen LogP contribution in [0.1, 0.15) is 79.1 Å². The average molecular weight is 280 g/mol. The fraction of sp³-hybridized carbons (Fsp3) is 0.944. The van der Waals surface area contributed by atoms with Crippen molar-refractivity contribution in [2.24, 2.45) is 23.2 Å². The van der Waals surface area contributed by atoms with Crippen LogP contribution >= 0.6 is 0 Å². The molecule has 2 rings (SSSR count). The number of aliphatic hydroxyl groups is 1. The van der Waals surface area contributed by atoms with Crippen molar-refractivity contribution in [3.8, 4) is 0 Å². The van der Waals surface area contributed by atoms with Gasteiger partial charge in [-0.05, 0) is 63.2 Å². The quantitative estimate of drug-likeness (QED) is 0.813. The Morgan fingerprint density at radius 2 is 2.10 bits per heavy atom. The Morgan fingerprint density at radius 1 is 1.40 bits per heavy atom. The highest BCUT2D eigenvalue weighted by Gasteiger charge is 2.52. The lowest BCUT2D eigenvalue weighted by molar-refractivity contribution is -0.130. The van der Waals surface area contributed by atoms with Crippen LogP contribution in [0.3, 0.4) is 0 Å². The number of carbonyl (C=O) groups excluding carboxylic acids is 1. The first-order valence-corrected chi connectivity index (χ1v) is 8.49. The number of ketones is 1. The summed E-state index contributed by atoms with van der Waals surface area (Å²) in [5.74, 6) is 2.26. The molecule has 2 aliphatic carbocycles. The molecule has 0 heterocycles. The third kappa shape index (κ3) is 3.27. The van der Waals surface area contributed by atoms with Crippen LogP contribution < -0.4 is 0 Å². The van der Waals surface area contributed by atoms with Crippen LogP contribution in [-0.4, -0.2) is 16.5 Å². The van der Waals surface area contributed by atoms with E-state index in [0.29, 0.717) is 23.5 Å². The first-order valence-electron chi connectivity index (χ1n) is 8.49. The number of Topliss-reactive ketones (excluding diaryl/α,β-unsaturated/α-hetero) is 1. The molecule has 2 heteroatoms. The van der Waals surface area contributed by atoms with Gasteiger partial charge < -0.3 is 5.11 Å². The van der Waals surface area contributed by atoms with Crippen molar-refractivity contribution in [1.82, 2.24) is 0 Å². The third-order valence-corrected chi connectivity index (χ3v) is 6.07. The summed E-state index contributed by atoms with van der Waals surface area (Å²) in [6.07, 6.45) is 8.67. The molecule has 116 valence electrons. The van der Waals surface area contributed by atoms with E-state index in [1.807, 2.05) is 13.8 Å². The van der Waals surface area contributed by atoms with Crippen LogP contribution in [0.15, 0.2) is 0 Å². The van der Waals surface area contributed by atoms with Gasteiger partial charge in [-0.1, -0.05) is 26.7 Å². The molecule has 0 aromatic carbocycles. The lowest BCUT2D eigenvalue weighted by atomic mass is 9.62. The molecule has 2 saturated carbocycles. The molecule has 0 saturated heterocycles. The minimum absolute atomic E-state index is 0.267. The zero-order chi connectivity index (χ0) is 15.0. The summed E-state index contributed by atoms with van der Waals surface area (Å²) in [7, 11) is 0. The molecule has 4 atom stereocenters. The third-order valence-electron chi connectivity index (χ3n) is 6.07. The molecule has 1 unspecified atom stereocenters. The molecule has 0 aromatic rings. The van der Waals surface area contributed by atoms with Crippen LogP contribution in [0.4, 0.5) is 0 Å². The van der Waals surface area contributed by atoms with Crippen LogP contribution in [-0.2, 0) is 4.79 Å². The van der Waals surface area contributed by atoms with Gasteiger partial charge in [-0.3, -0.25) is 4.79 Å². The van der Waals surface area contributed by atoms with Gasteiger partial charge in [0.05, 0.1) is 5.60 Å². The lowest BCUT2D eigenvalue weighted by Crippen LogP contribution is -2.39. The smallest absolute Gasteiger partial charge is 0.136 e. The second kappa shape index (κ2) is 5.79. The van der Waals surface area contributed by atoms with Gasteiger partial charge >= 0.3 is 0 Å². The van der Waals surface area contributed by atoms with Gasteiger partial charge in [0.25, 0.3) is 0 Å². The maximum Gasteiger partial charge on any atom is 0.136 e. The van der Waals surface area contributed by atoms with Crippen LogP contribution in [0, 0.1) is 23.2 Å². The first kappa shape index (κ1) is 16.0. The molecule has 0 aromatic heterocycles. The largest absolute Gasteiger partial charge is 0.390 e. The minimum atomic E-state index is -0.539. The minimum Gasteiger partial charge on any atom is -0.390 e. The number of hydrogen-bond acceptors (Lipinski definition) is 2. The van der Waals surface area contributed by atoms with Gasteiger partial charge in [0.1, 0.15) is 5.78 Å². The summed E-state index contributed by atoms with van der Waals surface area (Å²) < 4.78 is 0. The predicted octanol–water partition coefficient (Wildman–Crippen LogP) is 4.35. The van der Waals surface area contributed by atoms with E-state index >= 15 is 0 Å². The van der Waals surface area contributed by atoms with Crippen molar-refractivity contribution in [3.63, 3.8) is 0 Å². The SMILES string of the molecule is CC(CCCC(C)(C)O)[C@H]1CC[C@@H]2C(=O)CCC[C@@]21C. The summed E-state index contributed by atoms with van der Waals surface area (Å²) in [6.45, 7) is 8.52. The molecule has 1 N–H and O–H groups in total. The molecule has 0 amide bonds. The molecule has 0 spiro atoms. The summed E-state index contributed by atoms with van der Waals surface area (Å²) in [5.41, 5.74) is -0.272. The summed E-state index contributed by atoms with van der Waals surface area (Å²) in [5, 5.41) is 9.82. The van der Waals surface area contributed by atoms with Crippen LogP contribution in [0.5, 0.6) is 0 Å². The Hall–Kier alpha value is -0.370. The maximum atomic E-state index is 12.2. The maximum absolute atomic E-state index is 12.2. The van der Waals surface area contributed by atoms with Crippen molar-refractivity contribution in [2.75, 3.05) is 0 Å². The summed E-state index contributed by atoms with van der Waals surface area (Å²) in [6, 6.07) is 0. The lowest BCUT2D eigenvalue weighted by Gasteiger charge is -2.42. The normalized spacial score (nSPS) is 36.0. The summed E-state index contributed by atoms with van der Waals surface area (Å²) >= 11 is 0. The van der Waals surface area contributed by atoms with E-state index in [4.69, 9.17) is 0 Å². The summed E-state index contributed by atoms with van der Waals surface area (Å²) in [4.78, 5) is 12.2. The molecule has 0 aliphatic heterocycles. The second-order valence-corrected chi connectivity index (χ2v) is 8.24. The molecule has 0 radical (unpaired) electrons. The Balaban J connectivity index is 1.93. The van der Waals surface area contributed by atoms with Crippen molar-refractivity contribution in [1.29, 1.82) is 0 Å². The molecule has 2 aliphatic rings. The Kier molecular flexibility index (Phi) is 4.63. The fourth-order valence-corrected chi connectivity index (χ4v) is 4.96. The van der Waals surface area contributed by atoms with Gasteiger partial charge in [0.2, 0.25) is 0 Å². The van der Waals surface area contributed by atoms with Crippen molar-refractivity contribution >= 4 is 5.78 Å². The predicted molar refractivity (Wildman–Crippen MR) is 82.5 cm³/mol. The molecule has 20 heavy (non-hydrogen) atoms.